The van der Waals surface area contributed by atoms with Crippen LogP contribution < -0.4 is 0 Å². The van der Waals surface area contributed by atoms with E-state index >= 15 is 0 Å². The molecule has 2 nitrogen and oxygen atoms in total. The summed E-state index contributed by atoms with van der Waals surface area (Å²) in [6.07, 6.45) is 3.06. The van der Waals surface area contributed by atoms with Crippen LogP contribution in [0.25, 0.3) is 0 Å². The van der Waals surface area contributed by atoms with Gasteiger partial charge in [-0.05, 0) is 19.8 Å². The molecule has 0 bridgehead atoms. The molecule has 1 rings (SSSR count). The second kappa shape index (κ2) is 2.85. The third-order valence-electron chi connectivity index (χ3n) is 1.80. The highest BCUT2D eigenvalue weighted by atomic mass is 16.2. The molecule has 0 aliphatic carbocycles. The lowest BCUT2D eigenvalue weighted by molar-refractivity contribution is -0.132. The number of hydrogen-bond acceptors (Lipinski definition) is 1. The second-order valence-corrected chi connectivity index (χ2v) is 2.43. The van der Waals surface area contributed by atoms with Gasteiger partial charge in [-0.15, -0.1) is 0 Å². The van der Waals surface area contributed by atoms with Crippen molar-refractivity contribution < 1.29 is 4.79 Å². The molecule has 52 valence electrons. The van der Waals surface area contributed by atoms with Crippen LogP contribution in [-0.4, -0.2) is 23.9 Å². The topological polar surface area (TPSA) is 20.3 Å². The fourth-order valence-corrected chi connectivity index (χ4v) is 1.20. The zero-order valence-electron chi connectivity index (χ0n) is 5.89. The first kappa shape index (κ1) is 6.59. The summed E-state index contributed by atoms with van der Waals surface area (Å²) < 4.78 is 0. The van der Waals surface area contributed by atoms with Gasteiger partial charge >= 0.3 is 0 Å². The molecule has 0 saturated carbocycles. The Labute approximate surface area is 55.8 Å². The average molecular weight is 127 g/mol. The standard InChI is InChI=1S/C7H13NO/c1-2-8-6-4-3-5-7(8)9/h2-6H2,1H3. The molecule has 1 aliphatic rings. The van der Waals surface area contributed by atoms with Crippen LogP contribution in [0.1, 0.15) is 26.2 Å². The van der Waals surface area contributed by atoms with Gasteiger partial charge in [0, 0.05) is 19.5 Å². The van der Waals surface area contributed by atoms with Gasteiger partial charge in [-0.3, -0.25) is 4.79 Å². The molecule has 0 spiro atoms. The first-order valence-corrected chi connectivity index (χ1v) is 3.62. The molecule has 0 atom stereocenters. The molecule has 1 saturated heterocycles. The van der Waals surface area contributed by atoms with Crippen molar-refractivity contribution in [2.24, 2.45) is 0 Å². The molecule has 0 radical (unpaired) electrons. The Balaban J connectivity index is 2.39. The summed E-state index contributed by atoms with van der Waals surface area (Å²) in [4.78, 5) is 12.9. The Kier molecular flexibility index (Phi) is 2.09. The first-order valence-electron chi connectivity index (χ1n) is 3.62. The molecule has 9 heavy (non-hydrogen) atoms. The van der Waals surface area contributed by atoms with E-state index in [1.54, 1.807) is 0 Å². The van der Waals surface area contributed by atoms with Crippen LogP contribution in [0.3, 0.4) is 0 Å². The fraction of sp³-hybridized carbons (Fsp3) is 0.857. The smallest absolute Gasteiger partial charge is 0.222 e. The predicted molar refractivity (Wildman–Crippen MR) is 36.1 cm³/mol. The number of hydrogen-bond donors (Lipinski definition) is 0. The molecule has 0 aromatic rings. The van der Waals surface area contributed by atoms with E-state index in [1.165, 1.54) is 6.42 Å². The summed E-state index contributed by atoms with van der Waals surface area (Å²) in [5, 5.41) is 0. The highest BCUT2D eigenvalue weighted by Crippen LogP contribution is 2.08. The van der Waals surface area contributed by atoms with Gasteiger partial charge in [0.1, 0.15) is 0 Å². The average Bonchev–Trinajstić information content (AvgIpc) is 1.89. The lowest BCUT2D eigenvalue weighted by Gasteiger charge is -2.24. The van der Waals surface area contributed by atoms with Crippen LogP contribution in [0.2, 0.25) is 0 Å². The lowest BCUT2D eigenvalue weighted by Crippen LogP contribution is -2.34. The number of carbonyl (C=O) groups is 1. The molecule has 1 aliphatic heterocycles. The Bertz CT molecular complexity index is 111. The van der Waals surface area contributed by atoms with Crippen LogP contribution in [0, 0.1) is 0 Å². The summed E-state index contributed by atoms with van der Waals surface area (Å²) in [5.41, 5.74) is 0. The van der Waals surface area contributed by atoms with Gasteiger partial charge in [0.05, 0.1) is 0 Å². The minimum absolute atomic E-state index is 0.337. The number of carbonyl (C=O) groups excluding carboxylic acids is 1. The number of rotatable bonds is 1. The van der Waals surface area contributed by atoms with Crippen molar-refractivity contribution in [3.05, 3.63) is 0 Å². The second-order valence-electron chi connectivity index (χ2n) is 2.43. The molecule has 1 amide bonds. The lowest BCUT2D eigenvalue weighted by atomic mass is 10.1. The van der Waals surface area contributed by atoms with E-state index in [2.05, 4.69) is 0 Å². The fourth-order valence-electron chi connectivity index (χ4n) is 1.20. The number of likely N-dealkylation sites (tertiary alicyclic amines) is 1. The highest BCUT2D eigenvalue weighted by molar-refractivity contribution is 5.76. The normalized spacial score (nSPS) is 20.6. The van der Waals surface area contributed by atoms with E-state index in [4.69, 9.17) is 0 Å². The number of nitrogens with zero attached hydrogens (tertiary/aromatic N) is 1. The van der Waals surface area contributed by atoms with Crippen molar-refractivity contribution in [2.75, 3.05) is 13.1 Å². The third kappa shape index (κ3) is 1.44. The van der Waals surface area contributed by atoms with E-state index in [1.807, 2.05) is 11.8 Å². The van der Waals surface area contributed by atoms with E-state index < -0.39 is 0 Å². The molecule has 2 heteroatoms. The summed E-state index contributed by atoms with van der Waals surface area (Å²) in [5.74, 6) is 0.337. The van der Waals surface area contributed by atoms with Crippen molar-refractivity contribution in [3.63, 3.8) is 0 Å². The maximum Gasteiger partial charge on any atom is 0.222 e. The van der Waals surface area contributed by atoms with Gasteiger partial charge in [-0.2, -0.15) is 0 Å². The van der Waals surface area contributed by atoms with Crippen LogP contribution in [0.15, 0.2) is 0 Å². The Morgan fingerprint density at radius 3 is 2.78 bits per heavy atom. The zero-order chi connectivity index (χ0) is 6.69. The maximum atomic E-state index is 11.0. The number of amides is 1. The minimum Gasteiger partial charge on any atom is -0.343 e. The van der Waals surface area contributed by atoms with E-state index in [0.29, 0.717) is 5.91 Å². The van der Waals surface area contributed by atoms with Crippen molar-refractivity contribution in [3.8, 4) is 0 Å². The van der Waals surface area contributed by atoms with E-state index in [0.717, 1.165) is 25.9 Å². The molecular weight excluding hydrogens is 114 g/mol. The van der Waals surface area contributed by atoms with Gasteiger partial charge in [-0.25, -0.2) is 0 Å². The monoisotopic (exact) mass is 127 g/mol. The van der Waals surface area contributed by atoms with Crippen LogP contribution in [0.5, 0.6) is 0 Å². The Morgan fingerprint density at radius 1 is 1.56 bits per heavy atom. The predicted octanol–water partition coefficient (Wildman–Crippen LogP) is 1.02. The SMILES string of the molecule is CCN1CCCCC1=O. The first-order chi connectivity index (χ1) is 4.34. The molecule has 0 aromatic heterocycles. The van der Waals surface area contributed by atoms with Gasteiger partial charge < -0.3 is 4.90 Å². The van der Waals surface area contributed by atoms with Crippen LogP contribution >= 0.6 is 0 Å². The van der Waals surface area contributed by atoms with Crippen molar-refractivity contribution >= 4 is 5.91 Å². The molecule has 0 aromatic carbocycles. The van der Waals surface area contributed by atoms with Crippen LogP contribution in [0.4, 0.5) is 0 Å². The van der Waals surface area contributed by atoms with Crippen molar-refractivity contribution in [1.29, 1.82) is 0 Å². The summed E-state index contributed by atoms with van der Waals surface area (Å²) >= 11 is 0. The summed E-state index contributed by atoms with van der Waals surface area (Å²) in [6, 6.07) is 0. The summed E-state index contributed by atoms with van der Waals surface area (Å²) in [7, 11) is 0. The number of piperidine rings is 1. The van der Waals surface area contributed by atoms with E-state index in [9.17, 15) is 4.79 Å². The largest absolute Gasteiger partial charge is 0.343 e. The van der Waals surface area contributed by atoms with Gasteiger partial charge in [0.15, 0.2) is 0 Å². The van der Waals surface area contributed by atoms with E-state index in [-0.39, 0.29) is 0 Å². The zero-order valence-corrected chi connectivity index (χ0v) is 5.89. The molecule has 0 N–H and O–H groups in total. The summed E-state index contributed by atoms with van der Waals surface area (Å²) in [6.45, 7) is 3.90. The molecular formula is C7H13NO. The van der Waals surface area contributed by atoms with Crippen LogP contribution in [-0.2, 0) is 4.79 Å². The molecule has 1 fully saturated rings. The van der Waals surface area contributed by atoms with Gasteiger partial charge in [0.25, 0.3) is 0 Å². The molecule has 1 heterocycles. The minimum atomic E-state index is 0.337. The maximum absolute atomic E-state index is 11.0. The third-order valence-corrected chi connectivity index (χ3v) is 1.80. The quantitative estimate of drug-likeness (QED) is 0.515. The van der Waals surface area contributed by atoms with Crippen molar-refractivity contribution in [1.82, 2.24) is 4.90 Å². The van der Waals surface area contributed by atoms with Gasteiger partial charge in [0.2, 0.25) is 5.91 Å². The Morgan fingerprint density at radius 2 is 2.33 bits per heavy atom. The highest BCUT2D eigenvalue weighted by Gasteiger charge is 2.14. The Hall–Kier alpha value is -0.530. The molecule has 0 unspecified atom stereocenters. The van der Waals surface area contributed by atoms with Gasteiger partial charge in [-0.1, -0.05) is 0 Å². The van der Waals surface area contributed by atoms with Crippen molar-refractivity contribution in [2.45, 2.75) is 26.2 Å².